The summed E-state index contributed by atoms with van der Waals surface area (Å²) in [5.41, 5.74) is 2.97. The minimum Gasteiger partial charge on any atom is -0.336 e. The molecule has 0 N–H and O–H groups in total. The zero-order chi connectivity index (χ0) is 17.2. The van der Waals surface area contributed by atoms with Gasteiger partial charge in [0, 0.05) is 37.1 Å². The number of amides is 1. The van der Waals surface area contributed by atoms with Crippen LogP contribution in [0.1, 0.15) is 10.4 Å². The number of hydrogen-bond acceptors (Lipinski definition) is 4. The molecular formula is C20H20N4O. The lowest BCUT2D eigenvalue weighted by Crippen LogP contribution is -2.47. The molecule has 0 atom stereocenters. The number of rotatable bonds is 2. The normalized spacial score (nSPS) is 15.5. The van der Waals surface area contributed by atoms with E-state index in [0.29, 0.717) is 11.3 Å². The van der Waals surface area contributed by atoms with Crippen LogP contribution in [0.3, 0.4) is 0 Å². The molecule has 5 heteroatoms. The number of carbonyl (C=O) groups is 1. The van der Waals surface area contributed by atoms with Crippen LogP contribution in [0.5, 0.6) is 0 Å². The molecule has 0 saturated carbocycles. The molecule has 1 amide bonds. The van der Waals surface area contributed by atoms with Crippen molar-refractivity contribution in [2.24, 2.45) is 0 Å². The molecule has 0 spiro atoms. The third-order valence-electron chi connectivity index (χ3n) is 4.72. The van der Waals surface area contributed by atoms with Crippen molar-refractivity contribution in [3.05, 3.63) is 60.2 Å². The van der Waals surface area contributed by atoms with Gasteiger partial charge >= 0.3 is 0 Å². The van der Waals surface area contributed by atoms with E-state index < -0.39 is 0 Å². The minimum absolute atomic E-state index is 0.0399. The fourth-order valence-corrected chi connectivity index (χ4v) is 3.24. The van der Waals surface area contributed by atoms with Crippen molar-refractivity contribution in [3.63, 3.8) is 0 Å². The van der Waals surface area contributed by atoms with Crippen LogP contribution < -0.4 is 0 Å². The van der Waals surface area contributed by atoms with Crippen molar-refractivity contribution < 1.29 is 4.79 Å². The number of hydrogen-bond donors (Lipinski definition) is 0. The Morgan fingerprint density at radius 3 is 2.32 bits per heavy atom. The lowest BCUT2D eigenvalue weighted by atomic mass is 10.0. The summed E-state index contributed by atoms with van der Waals surface area (Å²) >= 11 is 0. The Balaban J connectivity index is 1.86. The average molecular weight is 332 g/mol. The van der Waals surface area contributed by atoms with Gasteiger partial charge in [0.25, 0.3) is 5.91 Å². The fourth-order valence-electron chi connectivity index (χ4n) is 3.24. The summed E-state index contributed by atoms with van der Waals surface area (Å²) in [6.07, 6.45) is 0. The first-order valence-electron chi connectivity index (χ1n) is 8.53. The highest BCUT2D eigenvalue weighted by Crippen LogP contribution is 2.28. The second kappa shape index (κ2) is 6.61. The van der Waals surface area contributed by atoms with Crippen LogP contribution in [0.4, 0.5) is 0 Å². The zero-order valence-electron chi connectivity index (χ0n) is 14.2. The van der Waals surface area contributed by atoms with E-state index in [1.165, 1.54) is 0 Å². The zero-order valence-corrected chi connectivity index (χ0v) is 14.2. The van der Waals surface area contributed by atoms with Gasteiger partial charge in [-0.25, -0.2) is 0 Å². The number of piperazine rings is 1. The first-order chi connectivity index (χ1) is 12.2. The van der Waals surface area contributed by atoms with Gasteiger partial charge in [-0.1, -0.05) is 48.5 Å². The number of carbonyl (C=O) groups excluding carboxylic acids is 1. The Morgan fingerprint density at radius 1 is 0.880 bits per heavy atom. The van der Waals surface area contributed by atoms with Crippen LogP contribution in [0, 0.1) is 0 Å². The van der Waals surface area contributed by atoms with Crippen molar-refractivity contribution in [2.75, 3.05) is 33.2 Å². The molecule has 0 aliphatic carbocycles. The molecule has 5 nitrogen and oxygen atoms in total. The quantitative estimate of drug-likeness (QED) is 0.724. The van der Waals surface area contributed by atoms with Crippen molar-refractivity contribution >= 4 is 16.8 Å². The summed E-state index contributed by atoms with van der Waals surface area (Å²) in [6, 6.07) is 17.5. The molecule has 2 aromatic carbocycles. The van der Waals surface area contributed by atoms with E-state index in [1.807, 2.05) is 59.5 Å². The fraction of sp³-hybridized carbons (Fsp3) is 0.250. The highest BCUT2D eigenvalue weighted by molar-refractivity contribution is 6.10. The van der Waals surface area contributed by atoms with E-state index in [9.17, 15) is 4.79 Å². The summed E-state index contributed by atoms with van der Waals surface area (Å²) in [5.74, 6) is 0.0399. The van der Waals surface area contributed by atoms with Gasteiger partial charge in [-0.2, -0.15) is 0 Å². The summed E-state index contributed by atoms with van der Waals surface area (Å²) in [5, 5.41) is 9.59. The van der Waals surface area contributed by atoms with Gasteiger partial charge in [0.15, 0.2) is 0 Å². The minimum atomic E-state index is 0.0399. The lowest BCUT2D eigenvalue weighted by Gasteiger charge is -2.33. The Hall–Kier alpha value is -2.79. The van der Waals surface area contributed by atoms with Crippen LogP contribution in [0.15, 0.2) is 54.6 Å². The molecule has 1 aromatic heterocycles. The molecule has 0 bridgehead atoms. The molecular weight excluding hydrogens is 312 g/mol. The number of likely N-dealkylation sites (N-methyl/N-ethyl adjacent to an activating group) is 1. The van der Waals surface area contributed by atoms with Crippen molar-refractivity contribution in [3.8, 4) is 11.3 Å². The Bertz CT molecular complexity index is 902. The molecule has 1 saturated heterocycles. The molecule has 0 unspecified atom stereocenters. The van der Waals surface area contributed by atoms with E-state index >= 15 is 0 Å². The summed E-state index contributed by atoms with van der Waals surface area (Å²) in [7, 11) is 2.08. The van der Waals surface area contributed by atoms with Crippen LogP contribution >= 0.6 is 0 Å². The molecule has 2 heterocycles. The summed E-state index contributed by atoms with van der Waals surface area (Å²) in [6.45, 7) is 3.26. The first-order valence-corrected chi connectivity index (χ1v) is 8.53. The van der Waals surface area contributed by atoms with Crippen molar-refractivity contribution in [2.45, 2.75) is 0 Å². The SMILES string of the molecule is CN1CCN(C(=O)c2c(-c3ccccc3)nnc3ccccc23)CC1. The molecule has 3 aromatic rings. The third-order valence-corrected chi connectivity index (χ3v) is 4.72. The van der Waals surface area contributed by atoms with Gasteiger partial charge in [-0.15, -0.1) is 10.2 Å². The molecule has 1 aliphatic rings. The van der Waals surface area contributed by atoms with Crippen LogP contribution in [-0.2, 0) is 0 Å². The first kappa shape index (κ1) is 15.7. The number of fused-ring (bicyclic) bond motifs is 1. The van der Waals surface area contributed by atoms with E-state index in [1.54, 1.807) is 0 Å². The standard InChI is InChI=1S/C20H20N4O/c1-23-11-13-24(14-12-23)20(25)18-16-9-5-6-10-17(16)21-22-19(18)15-7-3-2-4-8-15/h2-10H,11-14H2,1H3. The Morgan fingerprint density at radius 2 is 1.56 bits per heavy atom. The summed E-state index contributed by atoms with van der Waals surface area (Å²) in [4.78, 5) is 17.5. The molecule has 1 fully saturated rings. The van der Waals surface area contributed by atoms with Gasteiger partial charge in [-0.05, 0) is 13.1 Å². The monoisotopic (exact) mass is 332 g/mol. The van der Waals surface area contributed by atoms with E-state index in [0.717, 1.165) is 42.6 Å². The number of aromatic nitrogens is 2. The van der Waals surface area contributed by atoms with Crippen LogP contribution in [-0.4, -0.2) is 59.1 Å². The number of nitrogens with zero attached hydrogens (tertiary/aromatic N) is 4. The topological polar surface area (TPSA) is 49.3 Å². The maximum Gasteiger partial charge on any atom is 0.256 e. The predicted octanol–water partition coefficient (Wildman–Crippen LogP) is 2.68. The Labute approximate surface area is 146 Å². The smallest absolute Gasteiger partial charge is 0.256 e. The second-order valence-corrected chi connectivity index (χ2v) is 6.40. The van der Waals surface area contributed by atoms with Crippen molar-refractivity contribution in [1.29, 1.82) is 0 Å². The largest absolute Gasteiger partial charge is 0.336 e. The molecule has 1 aliphatic heterocycles. The third kappa shape index (κ3) is 2.98. The molecule has 4 rings (SSSR count). The molecule has 0 radical (unpaired) electrons. The van der Waals surface area contributed by atoms with E-state index in [2.05, 4.69) is 22.1 Å². The van der Waals surface area contributed by atoms with E-state index in [4.69, 9.17) is 0 Å². The van der Waals surface area contributed by atoms with Gasteiger partial charge in [0.2, 0.25) is 0 Å². The second-order valence-electron chi connectivity index (χ2n) is 6.40. The van der Waals surface area contributed by atoms with Gasteiger partial charge in [0.05, 0.1) is 11.1 Å². The maximum atomic E-state index is 13.4. The molecule has 25 heavy (non-hydrogen) atoms. The van der Waals surface area contributed by atoms with Gasteiger partial charge in [0.1, 0.15) is 5.69 Å². The van der Waals surface area contributed by atoms with E-state index in [-0.39, 0.29) is 5.91 Å². The average Bonchev–Trinajstić information content (AvgIpc) is 2.68. The predicted molar refractivity (Wildman–Crippen MR) is 98.4 cm³/mol. The van der Waals surface area contributed by atoms with Gasteiger partial charge < -0.3 is 9.80 Å². The highest BCUT2D eigenvalue weighted by atomic mass is 16.2. The number of benzene rings is 2. The maximum absolute atomic E-state index is 13.4. The highest BCUT2D eigenvalue weighted by Gasteiger charge is 2.26. The van der Waals surface area contributed by atoms with Gasteiger partial charge in [-0.3, -0.25) is 4.79 Å². The summed E-state index contributed by atoms with van der Waals surface area (Å²) < 4.78 is 0. The van der Waals surface area contributed by atoms with Crippen LogP contribution in [0.2, 0.25) is 0 Å². The molecule has 126 valence electrons. The Kier molecular flexibility index (Phi) is 4.15. The van der Waals surface area contributed by atoms with Crippen molar-refractivity contribution in [1.82, 2.24) is 20.0 Å². The lowest BCUT2D eigenvalue weighted by molar-refractivity contribution is 0.0666. The van der Waals surface area contributed by atoms with Crippen LogP contribution in [0.25, 0.3) is 22.2 Å².